The molecule has 3 aromatic rings. The van der Waals surface area contributed by atoms with Crippen LogP contribution in [0.25, 0.3) is 5.69 Å². The lowest BCUT2D eigenvalue weighted by Gasteiger charge is -2.24. The van der Waals surface area contributed by atoms with E-state index in [0.29, 0.717) is 30.3 Å². The van der Waals surface area contributed by atoms with Gasteiger partial charge in [0.25, 0.3) is 5.91 Å². The lowest BCUT2D eigenvalue weighted by molar-refractivity contribution is -0.120. The predicted molar refractivity (Wildman–Crippen MR) is 111 cm³/mol. The molecule has 1 aliphatic heterocycles. The fourth-order valence-electron chi connectivity index (χ4n) is 3.56. The molecule has 8 heteroatoms. The number of anilines is 1. The highest BCUT2D eigenvalue weighted by Crippen LogP contribution is 2.40. The zero-order valence-electron chi connectivity index (χ0n) is 16.5. The molecule has 0 aliphatic carbocycles. The van der Waals surface area contributed by atoms with E-state index in [1.165, 1.54) is 0 Å². The fraction of sp³-hybridized carbons (Fsp3) is 0.227. The molecule has 2 heterocycles. The molecule has 0 saturated heterocycles. The van der Waals surface area contributed by atoms with Crippen LogP contribution in [0.15, 0.2) is 54.7 Å². The van der Waals surface area contributed by atoms with E-state index >= 15 is 0 Å². The van der Waals surface area contributed by atoms with Gasteiger partial charge in [0.05, 0.1) is 18.5 Å². The summed E-state index contributed by atoms with van der Waals surface area (Å²) in [6.45, 7) is 2.05. The van der Waals surface area contributed by atoms with E-state index in [4.69, 9.17) is 15.2 Å². The number of fused-ring (bicyclic) bond motifs is 1. The quantitative estimate of drug-likeness (QED) is 0.627. The van der Waals surface area contributed by atoms with Gasteiger partial charge in [-0.2, -0.15) is 5.10 Å². The van der Waals surface area contributed by atoms with Gasteiger partial charge in [-0.05, 0) is 36.8 Å². The van der Waals surface area contributed by atoms with Gasteiger partial charge in [0, 0.05) is 17.9 Å². The predicted octanol–water partition coefficient (Wildman–Crippen LogP) is 2.61. The van der Waals surface area contributed by atoms with Crippen LogP contribution in [0.1, 0.15) is 30.4 Å². The summed E-state index contributed by atoms with van der Waals surface area (Å²) in [6.07, 6.45) is 2.07. The number of benzene rings is 2. The number of nitrogens with two attached hydrogens (primary N) is 1. The Morgan fingerprint density at radius 1 is 1.20 bits per heavy atom. The third kappa shape index (κ3) is 3.84. The standard InChI is InChI=1S/C22H22N4O4/c1-2-29-19-10-14(8-9-18(19)30-13-20(23)27)16-11-21(28)25-22-17(16)12-24-26(22)15-6-4-3-5-7-15/h3-10,12,16H,2,11,13H2,1H3,(H2,23,27)(H,25,28)/t16-/m0/s1. The van der Waals surface area contributed by atoms with Crippen molar-refractivity contribution in [2.24, 2.45) is 5.73 Å². The lowest BCUT2D eigenvalue weighted by Crippen LogP contribution is -2.24. The molecule has 1 aliphatic rings. The van der Waals surface area contributed by atoms with Crippen molar-refractivity contribution in [1.82, 2.24) is 9.78 Å². The Labute approximate surface area is 173 Å². The largest absolute Gasteiger partial charge is 0.490 e. The van der Waals surface area contributed by atoms with Gasteiger partial charge in [0.1, 0.15) is 5.82 Å². The van der Waals surface area contributed by atoms with E-state index in [0.717, 1.165) is 16.8 Å². The molecule has 30 heavy (non-hydrogen) atoms. The number of primary amides is 1. The highest BCUT2D eigenvalue weighted by molar-refractivity contribution is 5.94. The molecule has 0 saturated carbocycles. The van der Waals surface area contributed by atoms with Crippen LogP contribution in [-0.2, 0) is 9.59 Å². The SMILES string of the molecule is CCOc1cc([C@@H]2CC(=O)Nc3c2cnn3-c2ccccc2)ccc1OCC(N)=O. The molecule has 3 N–H and O–H groups in total. The maximum atomic E-state index is 12.5. The Bertz CT molecular complexity index is 1080. The topological polar surface area (TPSA) is 108 Å². The molecule has 2 amide bonds. The minimum Gasteiger partial charge on any atom is -0.490 e. The number of carbonyl (C=O) groups is 2. The van der Waals surface area contributed by atoms with Crippen molar-refractivity contribution in [3.05, 3.63) is 65.9 Å². The van der Waals surface area contributed by atoms with Gasteiger partial charge in [-0.3, -0.25) is 9.59 Å². The van der Waals surface area contributed by atoms with Crippen LogP contribution >= 0.6 is 0 Å². The summed E-state index contributed by atoms with van der Waals surface area (Å²) in [5.41, 5.74) is 7.86. The van der Waals surface area contributed by atoms with Gasteiger partial charge in [0.2, 0.25) is 5.91 Å². The average Bonchev–Trinajstić information content (AvgIpc) is 3.16. The van der Waals surface area contributed by atoms with Gasteiger partial charge in [0.15, 0.2) is 18.1 Å². The normalized spacial score (nSPS) is 15.2. The molecule has 2 aromatic carbocycles. The number of amides is 2. The third-order valence-electron chi connectivity index (χ3n) is 4.86. The van der Waals surface area contributed by atoms with Crippen molar-refractivity contribution in [3.63, 3.8) is 0 Å². The van der Waals surface area contributed by atoms with Crippen molar-refractivity contribution < 1.29 is 19.1 Å². The Balaban J connectivity index is 1.71. The van der Waals surface area contributed by atoms with Crippen molar-refractivity contribution in [2.45, 2.75) is 19.3 Å². The molecule has 0 spiro atoms. The molecule has 1 atom stereocenters. The maximum Gasteiger partial charge on any atom is 0.255 e. The highest BCUT2D eigenvalue weighted by atomic mass is 16.5. The van der Waals surface area contributed by atoms with E-state index in [1.54, 1.807) is 16.9 Å². The maximum absolute atomic E-state index is 12.5. The van der Waals surface area contributed by atoms with E-state index < -0.39 is 5.91 Å². The molecular weight excluding hydrogens is 384 g/mol. The van der Waals surface area contributed by atoms with E-state index in [9.17, 15) is 9.59 Å². The van der Waals surface area contributed by atoms with Crippen LogP contribution < -0.4 is 20.5 Å². The Morgan fingerprint density at radius 3 is 2.73 bits per heavy atom. The Kier molecular flexibility index (Phi) is 5.38. The Morgan fingerprint density at radius 2 is 2.00 bits per heavy atom. The van der Waals surface area contributed by atoms with Gasteiger partial charge in [-0.25, -0.2) is 4.68 Å². The van der Waals surface area contributed by atoms with E-state index in [-0.39, 0.29) is 18.4 Å². The first-order valence-corrected chi connectivity index (χ1v) is 9.68. The zero-order chi connectivity index (χ0) is 21.1. The molecule has 0 fully saturated rings. The van der Waals surface area contributed by atoms with Crippen molar-refractivity contribution in [1.29, 1.82) is 0 Å². The third-order valence-corrected chi connectivity index (χ3v) is 4.86. The van der Waals surface area contributed by atoms with E-state index in [1.807, 2.05) is 49.4 Å². The van der Waals surface area contributed by atoms with Gasteiger partial charge in [-0.15, -0.1) is 0 Å². The van der Waals surface area contributed by atoms with Crippen LogP contribution in [-0.4, -0.2) is 34.8 Å². The second-order valence-electron chi connectivity index (χ2n) is 6.89. The lowest BCUT2D eigenvalue weighted by atomic mass is 9.87. The Hall–Kier alpha value is -3.81. The minimum atomic E-state index is -0.566. The summed E-state index contributed by atoms with van der Waals surface area (Å²) in [4.78, 5) is 23.5. The summed E-state index contributed by atoms with van der Waals surface area (Å²) in [7, 11) is 0. The first-order valence-electron chi connectivity index (χ1n) is 9.68. The number of hydrogen-bond donors (Lipinski definition) is 2. The van der Waals surface area contributed by atoms with Crippen LogP contribution in [0.4, 0.5) is 5.82 Å². The number of rotatable bonds is 7. The molecular formula is C22H22N4O4. The molecule has 1 aromatic heterocycles. The first-order chi connectivity index (χ1) is 14.6. The number of para-hydroxylation sites is 1. The monoisotopic (exact) mass is 406 g/mol. The summed E-state index contributed by atoms with van der Waals surface area (Å²) >= 11 is 0. The molecule has 0 unspecified atom stereocenters. The summed E-state index contributed by atoms with van der Waals surface area (Å²) < 4.78 is 12.9. The number of ether oxygens (including phenoxy) is 2. The highest BCUT2D eigenvalue weighted by Gasteiger charge is 2.31. The molecule has 0 bridgehead atoms. The number of nitrogens with one attached hydrogen (secondary N) is 1. The van der Waals surface area contributed by atoms with Crippen LogP contribution in [0.5, 0.6) is 11.5 Å². The van der Waals surface area contributed by atoms with Gasteiger partial charge < -0.3 is 20.5 Å². The average molecular weight is 406 g/mol. The van der Waals surface area contributed by atoms with Crippen LogP contribution in [0.2, 0.25) is 0 Å². The zero-order valence-corrected chi connectivity index (χ0v) is 16.5. The van der Waals surface area contributed by atoms with Crippen molar-refractivity contribution >= 4 is 17.6 Å². The van der Waals surface area contributed by atoms with Crippen LogP contribution in [0.3, 0.4) is 0 Å². The second kappa shape index (κ2) is 8.28. The smallest absolute Gasteiger partial charge is 0.255 e. The molecule has 0 radical (unpaired) electrons. The minimum absolute atomic E-state index is 0.0859. The molecule has 154 valence electrons. The molecule has 4 rings (SSSR count). The molecule has 8 nitrogen and oxygen atoms in total. The summed E-state index contributed by atoms with van der Waals surface area (Å²) in [5.74, 6) is 0.754. The fourth-order valence-corrected chi connectivity index (χ4v) is 3.56. The second-order valence-corrected chi connectivity index (χ2v) is 6.89. The van der Waals surface area contributed by atoms with Gasteiger partial charge in [-0.1, -0.05) is 24.3 Å². The van der Waals surface area contributed by atoms with Crippen LogP contribution in [0, 0.1) is 0 Å². The van der Waals surface area contributed by atoms with Crippen molar-refractivity contribution in [2.75, 3.05) is 18.5 Å². The van der Waals surface area contributed by atoms with E-state index in [2.05, 4.69) is 10.4 Å². The number of nitrogens with zero attached hydrogens (tertiary/aromatic N) is 2. The number of carbonyl (C=O) groups excluding carboxylic acids is 2. The summed E-state index contributed by atoms with van der Waals surface area (Å²) in [5, 5.41) is 7.44. The number of hydrogen-bond acceptors (Lipinski definition) is 5. The summed E-state index contributed by atoms with van der Waals surface area (Å²) in [6, 6.07) is 15.1. The first kappa shape index (κ1) is 19.5. The number of aromatic nitrogens is 2. The van der Waals surface area contributed by atoms with Crippen molar-refractivity contribution in [3.8, 4) is 17.2 Å². The van der Waals surface area contributed by atoms with Gasteiger partial charge >= 0.3 is 0 Å².